The topological polar surface area (TPSA) is 81.4 Å². The third kappa shape index (κ3) is 3.12. The minimum absolute atomic E-state index is 0.283. The van der Waals surface area contributed by atoms with E-state index in [0.29, 0.717) is 36.2 Å². The first-order chi connectivity index (χ1) is 12.5. The highest BCUT2D eigenvalue weighted by Gasteiger charge is 2.50. The lowest BCUT2D eigenvalue weighted by atomic mass is 9.88. The molecule has 2 aromatic carbocycles. The number of benzene rings is 2. The molecule has 0 bridgehead atoms. The molecule has 0 aliphatic carbocycles. The summed E-state index contributed by atoms with van der Waals surface area (Å²) in [4.78, 5) is 27.1. The lowest BCUT2D eigenvalue weighted by Crippen LogP contribution is -2.42. The number of para-hydroxylation sites is 1. The minimum Gasteiger partial charge on any atom is -0.375 e. The van der Waals surface area contributed by atoms with Gasteiger partial charge in [-0.1, -0.05) is 48.0 Å². The third-order valence-corrected chi connectivity index (χ3v) is 4.70. The van der Waals surface area contributed by atoms with E-state index in [0.717, 1.165) is 5.56 Å². The van der Waals surface area contributed by atoms with Gasteiger partial charge in [0, 0.05) is 24.1 Å². The van der Waals surface area contributed by atoms with Crippen LogP contribution in [0.1, 0.15) is 40.7 Å². The molecule has 0 radical (unpaired) electrons. The van der Waals surface area contributed by atoms with Crippen LogP contribution in [-0.2, 0) is 10.4 Å². The number of nitrogens with zero attached hydrogens (tertiary/aromatic N) is 2. The second-order valence-corrected chi connectivity index (χ2v) is 6.56. The maximum atomic E-state index is 12.9. The molecule has 3 rings (SSSR count). The molecule has 2 aromatic rings. The van der Waals surface area contributed by atoms with E-state index in [2.05, 4.69) is 6.07 Å². The largest absolute Gasteiger partial charge is 0.375 e. The Kier molecular flexibility index (Phi) is 4.88. The van der Waals surface area contributed by atoms with Gasteiger partial charge in [-0.25, -0.2) is 0 Å². The van der Waals surface area contributed by atoms with Crippen LogP contribution in [0.25, 0.3) is 0 Å². The summed E-state index contributed by atoms with van der Waals surface area (Å²) in [6, 6.07) is 16.1. The third-order valence-electron chi connectivity index (χ3n) is 4.70. The van der Waals surface area contributed by atoms with Crippen molar-refractivity contribution in [1.29, 1.82) is 5.26 Å². The fourth-order valence-corrected chi connectivity index (χ4v) is 3.29. The van der Waals surface area contributed by atoms with Crippen LogP contribution in [0.3, 0.4) is 0 Å². The number of fused-ring (bicyclic) bond motifs is 1. The molecule has 0 saturated carbocycles. The van der Waals surface area contributed by atoms with Crippen molar-refractivity contribution in [2.75, 3.05) is 11.4 Å². The van der Waals surface area contributed by atoms with Crippen LogP contribution < -0.4 is 4.90 Å². The molecule has 1 aliphatic heterocycles. The van der Waals surface area contributed by atoms with Gasteiger partial charge in [0.05, 0.1) is 18.2 Å². The zero-order valence-electron chi connectivity index (χ0n) is 14.6. The normalized spacial score (nSPS) is 18.5. The Balaban J connectivity index is 1.90. The minimum atomic E-state index is -1.87. The van der Waals surface area contributed by atoms with E-state index in [4.69, 9.17) is 5.26 Å². The van der Waals surface area contributed by atoms with Crippen molar-refractivity contribution in [2.24, 2.45) is 0 Å². The Morgan fingerprint density at radius 1 is 1.19 bits per heavy atom. The Morgan fingerprint density at radius 2 is 1.88 bits per heavy atom. The summed E-state index contributed by atoms with van der Waals surface area (Å²) in [5.41, 5.74) is 0.686. The van der Waals surface area contributed by atoms with Crippen LogP contribution in [0.2, 0.25) is 0 Å². The van der Waals surface area contributed by atoms with E-state index in [1.54, 1.807) is 36.4 Å². The Hall–Kier alpha value is -2.97. The van der Waals surface area contributed by atoms with E-state index in [9.17, 15) is 14.7 Å². The molecular formula is C21H20N2O3. The highest BCUT2D eigenvalue weighted by atomic mass is 16.3. The number of rotatable bonds is 6. The van der Waals surface area contributed by atoms with Gasteiger partial charge in [0.25, 0.3) is 5.91 Å². The fourth-order valence-electron chi connectivity index (χ4n) is 3.29. The van der Waals surface area contributed by atoms with E-state index >= 15 is 0 Å². The highest BCUT2D eigenvalue weighted by Crippen LogP contribution is 2.42. The number of aliphatic hydroxyl groups is 1. The Labute approximate surface area is 152 Å². The number of hydrogen-bond donors (Lipinski definition) is 1. The lowest BCUT2D eigenvalue weighted by molar-refractivity contribution is -0.135. The summed E-state index contributed by atoms with van der Waals surface area (Å²) in [7, 11) is 0. The van der Waals surface area contributed by atoms with Gasteiger partial charge in [-0.2, -0.15) is 5.26 Å². The van der Waals surface area contributed by atoms with Crippen LogP contribution in [0, 0.1) is 18.3 Å². The summed E-state index contributed by atoms with van der Waals surface area (Å²) in [6.45, 7) is 2.27. The lowest BCUT2D eigenvalue weighted by Gasteiger charge is -2.22. The van der Waals surface area contributed by atoms with Crippen LogP contribution in [0.5, 0.6) is 0 Å². The SMILES string of the molecule is Cc1ccc(C(=O)CC2(O)C(=O)N(CCCC#N)c3ccccc32)cc1. The summed E-state index contributed by atoms with van der Waals surface area (Å²) >= 11 is 0. The second-order valence-electron chi connectivity index (χ2n) is 6.56. The Bertz CT molecular complexity index is 883. The molecule has 1 aliphatic rings. The number of carbonyl (C=O) groups excluding carboxylic acids is 2. The van der Waals surface area contributed by atoms with Crippen molar-refractivity contribution in [2.45, 2.75) is 31.8 Å². The second kappa shape index (κ2) is 7.11. The van der Waals surface area contributed by atoms with Gasteiger partial charge < -0.3 is 10.0 Å². The molecule has 1 amide bonds. The first-order valence-corrected chi connectivity index (χ1v) is 8.58. The molecule has 132 valence electrons. The number of aryl methyl sites for hydroxylation is 1. The van der Waals surface area contributed by atoms with Gasteiger partial charge in [-0.05, 0) is 19.4 Å². The predicted molar refractivity (Wildman–Crippen MR) is 97.7 cm³/mol. The molecule has 26 heavy (non-hydrogen) atoms. The molecule has 0 saturated heterocycles. The molecule has 1 N–H and O–H groups in total. The molecule has 5 nitrogen and oxygen atoms in total. The summed E-state index contributed by atoms with van der Waals surface area (Å²) in [6.07, 6.45) is 0.534. The van der Waals surface area contributed by atoms with Crippen molar-refractivity contribution in [3.05, 3.63) is 65.2 Å². The van der Waals surface area contributed by atoms with Gasteiger partial charge in [0.1, 0.15) is 0 Å². The number of carbonyl (C=O) groups is 2. The Morgan fingerprint density at radius 3 is 2.58 bits per heavy atom. The smallest absolute Gasteiger partial charge is 0.264 e. The van der Waals surface area contributed by atoms with E-state index in [-0.39, 0.29) is 12.2 Å². The van der Waals surface area contributed by atoms with Crippen molar-refractivity contribution >= 4 is 17.4 Å². The maximum Gasteiger partial charge on any atom is 0.264 e. The standard InChI is InChI=1S/C21H20N2O3/c1-15-8-10-16(11-9-15)19(24)14-21(26)17-6-2-3-7-18(17)23(20(21)25)13-5-4-12-22/h2-3,6-11,26H,4-5,13-14H2,1H3. The fraction of sp³-hybridized carbons (Fsp3) is 0.286. The van der Waals surface area contributed by atoms with Gasteiger partial charge in [-0.15, -0.1) is 0 Å². The number of amides is 1. The average Bonchev–Trinajstić information content (AvgIpc) is 2.84. The zero-order chi connectivity index (χ0) is 18.7. The quantitative estimate of drug-likeness (QED) is 0.642. The van der Waals surface area contributed by atoms with E-state index in [1.165, 1.54) is 4.90 Å². The molecule has 0 aromatic heterocycles. The van der Waals surface area contributed by atoms with Crippen molar-refractivity contribution < 1.29 is 14.7 Å². The molecule has 1 atom stereocenters. The first kappa shape index (κ1) is 17.8. The predicted octanol–water partition coefficient (Wildman–Crippen LogP) is 3.11. The molecular weight excluding hydrogens is 328 g/mol. The molecule has 0 fully saturated rings. The number of unbranched alkanes of at least 4 members (excludes halogenated alkanes) is 1. The van der Waals surface area contributed by atoms with Crippen molar-refractivity contribution in [1.82, 2.24) is 0 Å². The first-order valence-electron chi connectivity index (χ1n) is 8.58. The summed E-state index contributed by atoms with van der Waals surface area (Å²) < 4.78 is 0. The summed E-state index contributed by atoms with van der Waals surface area (Å²) in [5.74, 6) is -0.786. The number of Topliss-reactive ketones (excluding diaryl/α,β-unsaturated/α-hetero) is 1. The molecule has 1 unspecified atom stereocenters. The molecule has 1 heterocycles. The van der Waals surface area contributed by atoms with Gasteiger partial charge in [0.15, 0.2) is 11.4 Å². The number of hydrogen-bond acceptors (Lipinski definition) is 4. The van der Waals surface area contributed by atoms with Crippen LogP contribution in [0.15, 0.2) is 48.5 Å². The maximum absolute atomic E-state index is 12.9. The van der Waals surface area contributed by atoms with Gasteiger partial charge in [-0.3, -0.25) is 9.59 Å². The van der Waals surface area contributed by atoms with Crippen LogP contribution in [0.4, 0.5) is 5.69 Å². The van der Waals surface area contributed by atoms with Gasteiger partial charge >= 0.3 is 0 Å². The average molecular weight is 348 g/mol. The number of nitriles is 1. The van der Waals surface area contributed by atoms with Gasteiger partial charge in [0.2, 0.25) is 0 Å². The molecule has 5 heteroatoms. The zero-order valence-corrected chi connectivity index (χ0v) is 14.6. The van der Waals surface area contributed by atoms with Crippen molar-refractivity contribution in [3.8, 4) is 6.07 Å². The van der Waals surface area contributed by atoms with Crippen LogP contribution >= 0.6 is 0 Å². The van der Waals surface area contributed by atoms with E-state index < -0.39 is 11.5 Å². The van der Waals surface area contributed by atoms with Crippen LogP contribution in [-0.4, -0.2) is 23.3 Å². The highest BCUT2D eigenvalue weighted by molar-refractivity contribution is 6.10. The monoisotopic (exact) mass is 348 g/mol. The van der Waals surface area contributed by atoms with Crippen molar-refractivity contribution in [3.63, 3.8) is 0 Å². The summed E-state index contributed by atoms with van der Waals surface area (Å²) in [5, 5.41) is 19.9. The molecule has 0 spiro atoms. The van der Waals surface area contributed by atoms with E-state index in [1.807, 2.05) is 19.1 Å². The number of ketones is 1. The number of anilines is 1.